The monoisotopic (exact) mass is 807 g/mol. The Hall–Kier alpha value is -0.454. The summed E-state index contributed by atoms with van der Waals surface area (Å²) in [5, 5.41) is 65.2. The van der Waals surface area contributed by atoms with Gasteiger partial charge in [0, 0.05) is 11.9 Å². The van der Waals surface area contributed by atoms with E-state index in [0.29, 0.717) is 83.9 Å². The normalized spacial score (nSPS) is 50.8. The van der Waals surface area contributed by atoms with E-state index in [0.717, 1.165) is 64.2 Å². The van der Waals surface area contributed by atoms with Gasteiger partial charge >= 0.3 is 23.1 Å². The van der Waals surface area contributed by atoms with Crippen molar-refractivity contribution < 1.29 is 40.2 Å². The fourth-order valence-corrected chi connectivity index (χ4v) is 17.4. The summed E-state index contributed by atoms with van der Waals surface area (Å²) in [6.07, 6.45) is 18.0. The Balaban J connectivity index is 0.000000189. The van der Waals surface area contributed by atoms with Gasteiger partial charge in [-0.15, -0.1) is 0 Å². The van der Waals surface area contributed by atoms with Gasteiger partial charge < -0.3 is 40.2 Å². The molecule has 8 aliphatic rings. The molecule has 0 aromatic rings. The third-order valence-corrected chi connectivity index (χ3v) is 20.6. The number of carbonyl (C=O) groups excluding carboxylic acids is 2. The Morgan fingerprint density at radius 1 is 0.544 bits per heavy atom. The van der Waals surface area contributed by atoms with Gasteiger partial charge in [-0.1, -0.05) is 41.5 Å². The van der Waals surface area contributed by atoms with Crippen molar-refractivity contribution in [2.75, 3.05) is 0 Å². The van der Waals surface area contributed by atoms with Gasteiger partial charge in [-0.25, -0.2) is 0 Å². The largest absolute Gasteiger partial charge is 2.00 e. The molecule has 0 amide bonds. The van der Waals surface area contributed by atoms with Crippen LogP contribution >= 0.6 is 0 Å². The molecule has 57 heavy (non-hydrogen) atoms. The quantitative estimate of drug-likeness (QED) is 0.221. The van der Waals surface area contributed by atoms with Crippen LogP contribution in [0.1, 0.15) is 170 Å². The number of hydrogen-bond acceptors (Lipinski definition) is 8. The zero-order chi connectivity index (χ0) is 40.5. The maximum Gasteiger partial charge on any atom is 2.00 e. The van der Waals surface area contributed by atoms with Crippen LogP contribution in [0, 0.1) is 92.7 Å². The van der Waals surface area contributed by atoms with Gasteiger partial charge in [0.2, 0.25) is 0 Å². The van der Waals surface area contributed by atoms with Gasteiger partial charge in [0.25, 0.3) is 0 Å². The predicted molar refractivity (Wildman–Crippen MR) is 218 cm³/mol. The van der Waals surface area contributed by atoms with Crippen molar-refractivity contribution in [1.29, 1.82) is 0 Å². The van der Waals surface area contributed by atoms with E-state index in [4.69, 9.17) is 0 Å². The molecular formula is C48H78MgO8. The molecule has 20 atom stereocenters. The summed E-state index contributed by atoms with van der Waals surface area (Å²) in [6.45, 7) is 13.9. The SMILES string of the molecule is C[C@H](CCC(=O)[O-])[C@H]1CCC2C3CC[C@@H]4C[C@H](O)CC[C@]4(C)C3C[C@H](O)[C@@]21C.C[C@H](CCC(=O)[O-])[C@H]1CCC2C3CC[C@@H]4C[C@H](O)CC[C@]4(C)C3C[C@H](O)[C@@]21C.[Mg+2]. The molecule has 0 radical (unpaired) electrons. The van der Waals surface area contributed by atoms with Crippen LogP contribution in [0.3, 0.4) is 0 Å². The first-order valence-electron chi connectivity index (χ1n) is 23.5. The second kappa shape index (κ2) is 17.4. The summed E-state index contributed by atoms with van der Waals surface area (Å²) >= 11 is 0. The molecule has 9 heteroatoms. The Kier molecular flexibility index (Phi) is 14.0. The first-order chi connectivity index (χ1) is 26.3. The van der Waals surface area contributed by atoms with Gasteiger partial charge in [-0.05, 0) is 221 Å². The summed E-state index contributed by atoms with van der Waals surface area (Å²) in [5.74, 6) is 4.37. The Morgan fingerprint density at radius 3 is 1.26 bits per heavy atom. The summed E-state index contributed by atoms with van der Waals surface area (Å²) in [7, 11) is 0. The molecule has 8 saturated carbocycles. The second-order valence-corrected chi connectivity index (χ2v) is 22.5. The van der Waals surface area contributed by atoms with E-state index >= 15 is 0 Å². The van der Waals surface area contributed by atoms with Gasteiger partial charge in [0.15, 0.2) is 0 Å². The third kappa shape index (κ3) is 7.95. The first kappa shape index (κ1) is 46.1. The fourth-order valence-electron chi connectivity index (χ4n) is 17.4. The molecule has 0 bridgehead atoms. The van der Waals surface area contributed by atoms with Gasteiger partial charge in [-0.3, -0.25) is 0 Å². The molecule has 0 saturated heterocycles. The van der Waals surface area contributed by atoms with E-state index in [1.807, 2.05) is 0 Å². The smallest absolute Gasteiger partial charge is 0.550 e. The van der Waals surface area contributed by atoms with Crippen molar-refractivity contribution in [3.8, 4) is 0 Å². The van der Waals surface area contributed by atoms with Crippen LogP contribution < -0.4 is 10.2 Å². The molecular weight excluding hydrogens is 729 g/mol. The topological polar surface area (TPSA) is 161 Å². The van der Waals surface area contributed by atoms with Crippen molar-refractivity contribution in [3.05, 3.63) is 0 Å². The molecule has 8 nitrogen and oxygen atoms in total. The Morgan fingerprint density at radius 2 is 0.912 bits per heavy atom. The van der Waals surface area contributed by atoms with E-state index in [9.17, 15) is 40.2 Å². The van der Waals surface area contributed by atoms with Gasteiger partial charge in [-0.2, -0.15) is 0 Å². The van der Waals surface area contributed by atoms with Crippen LogP contribution in [-0.4, -0.2) is 79.8 Å². The van der Waals surface area contributed by atoms with Crippen LogP contribution in [0.4, 0.5) is 0 Å². The van der Waals surface area contributed by atoms with Crippen molar-refractivity contribution in [2.45, 2.75) is 194 Å². The van der Waals surface area contributed by atoms with Crippen molar-refractivity contribution in [1.82, 2.24) is 0 Å². The number of hydrogen-bond donors (Lipinski definition) is 4. The van der Waals surface area contributed by atoms with Crippen LogP contribution in [0.5, 0.6) is 0 Å². The fraction of sp³-hybridized carbons (Fsp3) is 0.958. The average molecular weight is 807 g/mol. The molecule has 0 aromatic carbocycles. The van der Waals surface area contributed by atoms with Crippen molar-refractivity contribution in [3.63, 3.8) is 0 Å². The zero-order valence-corrected chi connectivity index (χ0v) is 37.9. The second-order valence-electron chi connectivity index (χ2n) is 22.5. The van der Waals surface area contributed by atoms with Crippen molar-refractivity contribution in [2.24, 2.45) is 92.7 Å². The number of aliphatic hydroxyl groups is 4. The Labute approximate surface area is 360 Å². The van der Waals surface area contributed by atoms with Crippen LogP contribution in [0.2, 0.25) is 0 Å². The van der Waals surface area contributed by atoms with E-state index in [1.165, 1.54) is 38.5 Å². The molecule has 8 rings (SSSR count). The molecule has 320 valence electrons. The third-order valence-electron chi connectivity index (χ3n) is 20.6. The number of carboxylic acid groups (broad SMARTS) is 2. The zero-order valence-electron chi connectivity index (χ0n) is 36.5. The van der Waals surface area contributed by atoms with Crippen molar-refractivity contribution >= 4 is 35.0 Å². The standard InChI is InChI=1S/2C24H40O4.Mg/c2*1-14(4-9-22(27)28)18-7-8-19-17-6-5-15-12-16(25)10-11-23(15,2)20(17)13-21(26)24(18,19)3;/h2*14-21,25-26H,4-13H2,1-3H3,(H,27,28);/q;;+2/p-2/t2*14-,15-,16-,17?,18-,19?,20?,21+,23+,24-;/m11./s1. The predicted octanol–water partition coefficient (Wildman–Crippen LogP) is 5.91. The maximum absolute atomic E-state index is 11.5. The summed E-state index contributed by atoms with van der Waals surface area (Å²) in [6, 6.07) is 0. The molecule has 0 heterocycles. The molecule has 4 N–H and O–H groups in total. The first-order valence-corrected chi connectivity index (χ1v) is 23.5. The number of aliphatic carboxylic acids is 2. The average Bonchev–Trinajstić information content (AvgIpc) is 3.70. The molecule has 8 aliphatic carbocycles. The van der Waals surface area contributed by atoms with Gasteiger partial charge in [0.05, 0.1) is 24.4 Å². The van der Waals surface area contributed by atoms with E-state index in [2.05, 4.69) is 41.5 Å². The number of carboxylic acids is 2. The van der Waals surface area contributed by atoms with Crippen LogP contribution in [0.25, 0.3) is 0 Å². The van der Waals surface area contributed by atoms with E-state index in [1.54, 1.807) is 0 Å². The number of carbonyl (C=O) groups is 2. The van der Waals surface area contributed by atoms with Crippen LogP contribution in [-0.2, 0) is 9.59 Å². The summed E-state index contributed by atoms with van der Waals surface area (Å²) in [5.41, 5.74) is 0.375. The molecule has 0 aromatic heterocycles. The minimum absolute atomic E-state index is 0. The van der Waals surface area contributed by atoms with Crippen LogP contribution in [0.15, 0.2) is 0 Å². The molecule has 8 fully saturated rings. The summed E-state index contributed by atoms with van der Waals surface area (Å²) < 4.78 is 0. The number of aliphatic hydroxyl groups excluding tert-OH is 4. The molecule has 6 unspecified atom stereocenters. The minimum Gasteiger partial charge on any atom is -0.550 e. The number of rotatable bonds is 8. The molecule has 0 spiro atoms. The Bertz CT molecular complexity index is 1320. The number of fused-ring (bicyclic) bond motifs is 10. The minimum atomic E-state index is -0.957. The van der Waals surface area contributed by atoms with E-state index < -0.39 is 11.9 Å². The summed E-state index contributed by atoms with van der Waals surface area (Å²) in [4.78, 5) is 21.9. The maximum atomic E-state index is 11.5. The van der Waals surface area contributed by atoms with Gasteiger partial charge in [0.1, 0.15) is 0 Å². The molecule has 0 aliphatic heterocycles. The van der Waals surface area contributed by atoms with E-state index in [-0.39, 0.29) is 82.0 Å².